The van der Waals surface area contributed by atoms with Gasteiger partial charge in [0.05, 0.1) is 12.5 Å². The van der Waals surface area contributed by atoms with E-state index in [1.165, 1.54) is 9.13 Å². The second-order valence-corrected chi connectivity index (χ2v) is 4.93. The highest BCUT2D eigenvalue weighted by Crippen LogP contribution is 2.19. The van der Waals surface area contributed by atoms with Gasteiger partial charge in [0, 0.05) is 3.57 Å². The van der Waals surface area contributed by atoms with Crippen molar-refractivity contribution >= 4 is 28.6 Å². The highest BCUT2D eigenvalue weighted by Gasteiger charge is 2.19. The number of rotatable bonds is 6. The third kappa shape index (κ3) is 4.50. The molecule has 0 N–H and O–H groups in total. The van der Waals surface area contributed by atoms with Gasteiger partial charge < -0.3 is 4.74 Å². The van der Waals surface area contributed by atoms with Crippen LogP contribution in [-0.2, 0) is 16.0 Å². The lowest BCUT2D eigenvalue weighted by Crippen LogP contribution is -2.20. The Bertz CT molecular complexity index is 388. The monoisotopic (exact) mass is 344 g/mol. The van der Waals surface area contributed by atoms with E-state index in [0.29, 0.717) is 19.4 Å². The molecule has 1 aromatic carbocycles. The normalized spacial score (nSPS) is 11.9. The van der Waals surface area contributed by atoms with Crippen LogP contribution in [0.25, 0.3) is 0 Å². The molecule has 0 fully saturated rings. The van der Waals surface area contributed by atoms with Gasteiger partial charge in [-0.2, -0.15) is 0 Å². The fourth-order valence-electron chi connectivity index (χ4n) is 1.65. The zero-order valence-electron chi connectivity index (χ0n) is 9.99. The Hall–Kier alpha value is -0.840. The zero-order valence-corrected chi connectivity index (χ0v) is 12.1. The minimum atomic E-state index is -0.132. The van der Waals surface area contributed by atoms with Crippen molar-refractivity contribution in [2.24, 2.45) is 5.92 Å². The zero-order chi connectivity index (χ0) is 12.7. The quantitative estimate of drug-likeness (QED) is 0.448. The van der Waals surface area contributed by atoms with Gasteiger partial charge in [-0.3, -0.25) is 4.79 Å². The molecule has 1 atom stereocenters. The highest BCUT2D eigenvalue weighted by atomic mass is 127. The summed E-state index contributed by atoms with van der Waals surface area (Å²) in [4.78, 5) is 11.8. The number of esters is 1. The Labute approximate surface area is 116 Å². The van der Waals surface area contributed by atoms with Crippen molar-refractivity contribution in [3.05, 3.63) is 46.1 Å². The van der Waals surface area contributed by atoms with Gasteiger partial charge in [0.25, 0.3) is 0 Å². The molecule has 1 unspecified atom stereocenters. The summed E-state index contributed by atoms with van der Waals surface area (Å²) in [7, 11) is 0. The lowest BCUT2D eigenvalue weighted by atomic mass is 9.96. The smallest absolute Gasteiger partial charge is 0.309 e. The molecule has 0 saturated carbocycles. The molecular formula is C14H17IO2. The van der Waals surface area contributed by atoms with Gasteiger partial charge in [0.15, 0.2) is 0 Å². The molecule has 0 aliphatic carbocycles. The van der Waals surface area contributed by atoms with Gasteiger partial charge in [0.2, 0.25) is 0 Å². The van der Waals surface area contributed by atoms with Crippen LogP contribution in [0.4, 0.5) is 0 Å². The summed E-state index contributed by atoms with van der Waals surface area (Å²) in [6, 6.07) is 8.09. The van der Waals surface area contributed by atoms with Crippen molar-refractivity contribution in [3.8, 4) is 0 Å². The van der Waals surface area contributed by atoms with Crippen LogP contribution in [0.5, 0.6) is 0 Å². The molecule has 0 bridgehead atoms. The molecule has 3 heteroatoms. The number of ether oxygens (including phenoxy) is 1. The summed E-state index contributed by atoms with van der Waals surface area (Å²) >= 11 is 2.29. The van der Waals surface area contributed by atoms with Gasteiger partial charge in [-0.15, -0.1) is 6.58 Å². The standard InChI is InChI=1S/C14H17IO2/c1-3-7-12(14(16)17-4-2)10-11-8-5-6-9-13(11)15/h3,5-6,8-9,12H,1,4,7,10H2,2H3. The first-order chi connectivity index (χ1) is 8.19. The molecule has 0 spiro atoms. The number of benzene rings is 1. The van der Waals surface area contributed by atoms with E-state index in [9.17, 15) is 4.79 Å². The second-order valence-electron chi connectivity index (χ2n) is 3.77. The first kappa shape index (κ1) is 14.2. The van der Waals surface area contributed by atoms with Crippen LogP contribution in [0.3, 0.4) is 0 Å². The first-order valence-corrected chi connectivity index (χ1v) is 6.77. The average molecular weight is 344 g/mol. The molecule has 92 valence electrons. The number of hydrogen-bond donors (Lipinski definition) is 0. The number of hydrogen-bond acceptors (Lipinski definition) is 2. The lowest BCUT2D eigenvalue weighted by molar-refractivity contribution is -0.147. The summed E-state index contributed by atoms with van der Waals surface area (Å²) in [5, 5.41) is 0. The van der Waals surface area contributed by atoms with Crippen molar-refractivity contribution in [1.29, 1.82) is 0 Å². The van der Waals surface area contributed by atoms with Crippen molar-refractivity contribution in [2.45, 2.75) is 19.8 Å². The van der Waals surface area contributed by atoms with E-state index in [1.807, 2.05) is 25.1 Å². The summed E-state index contributed by atoms with van der Waals surface area (Å²) in [5.74, 6) is -0.254. The van der Waals surface area contributed by atoms with E-state index in [2.05, 4.69) is 35.2 Å². The van der Waals surface area contributed by atoms with E-state index in [4.69, 9.17) is 4.74 Å². The Morgan fingerprint density at radius 3 is 2.82 bits per heavy atom. The van der Waals surface area contributed by atoms with Crippen LogP contribution in [0, 0.1) is 9.49 Å². The number of carbonyl (C=O) groups excluding carboxylic acids is 1. The molecule has 0 heterocycles. The lowest BCUT2D eigenvalue weighted by Gasteiger charge is -2.14. The molecule has 0 aliphatic rings. The van der Waals surface area contributed by atoms with Crippen LogP contribution < -0.4 is 0 Å². The number of allylic oxidation sites excluding steroid dienone is 1. The van der Waals surface area contributed by atoms with Gasteiger partial charge in [0.1, 0.15) is 0 Å². The van der Waals surface area contributed by atoms with Crippen LogP contribution in [0.2, 0.25) is 0 Å². The molecule has 0 saturated heterocycles. The minimum absolute atomic E-state index is 0.122. The van der Waals surface area contributed by atoms with Crippen molar-refractivity contribution < 1.29 is 9.53 Å². The highest BCUT2D eigenvalue weighted by molar-refractivity contribution is 14.1. The predicted octanol–water partition coefficient (Wildman–Crippen LogP) is 3.59. The topological polar surface area (TPSA) is 26.3 Å². The van der Waals surface area contributed by atoms with Gasteiger partial charge in [-0.1, -0.05) is 24.3 Å². The molecule has 17 heavy (non-hydrogen) atoms. The summed E-state index contributed by atoms with van der Waals surface area (Å²) < 4.78 is 6.26. The summed E-state index contributed by atoms with van der Waals surface area (Å²) in [6.45, 7) is 5.95. The van der Waals surface area contributed by atoms with Gasteiger partial charge in [-0.05, 0) is 54.0 Å². The Kier molecular flexibility index (Phi) is 6.26. The fourth-order valence-corrected chi connectivity index (χ4v) is 2.26. The average Bonchev–Trinajstić information content (AvgIpc) is 2.31. The maximum absolute atomic E-state index is 11.8. The summed E-state index contributed by atoms with van der Waals surface area (Å²) in [6.07, 6.45) is 3.14. The van der Waals surface area contributed by atoms with E-state index in [-0.39, 0.29) is 11.9 Å². The van der Waals surface area contributed by atoms with E-state index < -0.39 is 0 Å². The fraction of sp³-hybridized carbons (Fsp3) is 0.357. The Morgan fingerprint density at radius 2 is 2.24 bits per heavy atom. The second kappa shape index (κ2) is 7.48. The van der Waals surface area contributed by atoms with Crippen molar-refractivity contribution in [3.63, 3.8) is 0 Å². The maximum Gasteiger partial charge on any atom is 0.309 e. The Balaban J connectivity index is 2.76. The van der Waals surface area contributed by atoms with E-state index in [1.54, 1.807) is 6.08 Å². The number of carbonyl (C=O) groups is 1. The SMILES string of the molecule is C=CCC(Cc1ccccc1I)C(=O)OCC. The predicted molar refractivity (Wildman–Crippen MR) is 77.8 cm³/mol. The van der Waals surface area contributed by atoms with Gasteiger partial charge in [-0.25, -0.2) is 0 Å². The summed E-state index contributed by atoms with van der Waals surface area (Å²) in [5.41, 5.74) is 1.19. The molecule has 2 nitrogen and oxygen atoms in total. The molecule has 0 aromatic heterocycles. The van der Waals surface area contributed by atoms with Crippen LogP contribution >= 0.6 is 22.6 Å². The number of halogens is 1. The van der Waals surface area contributed by atoms with Crippen LogP contribution in [-0.4, -0.2) is 12.6 Å². The molecule has 0 aliphatic heterocycles. The van der Waals surface area contributed by atoms with Crippen LogP contribution in [0.1, 0.15) is 18.9 Å². The largest absolute Gasteiger partial charge is 0.466 e. The first-order valence-electron chi connectivity index (χ1n) is 5.70. The maximum atomic E-state index is 11.8. The Morgan fingerprint density at radius 1 is 1.53 bits per heavy atom. The van der Waals surface area contributed by atoms with E-state index >= 15 is 0 Å². The third-order valence-electron chi connectivity index (χ3n) is 2.50. The van der Waals surface area contributed by atoms with Crippen LogP contribution in [0.15, 0.2) is 36.9 Å². The van der Waals surface area contributed by atoms with Crippen molar-refractivity contribution in [2.75, 3.05) is 6.61 Å². The molecule has 1 aromatic rings. The third-order valence-corrected chi connectivity index (χ3v) is 3.55. The van der Waals surface area contributed by atoms with E-state index in [0.717, 1.165) is 0 Å². The minimum Gasteiger partial charge on any atom is -0.466 e. The molecular weight excluding hydrogens is 327 g/mol. The molecule has 0 radical (unpaired) electrons. The molecule has 0 amide bonds. The van der Waals surface area contributed by atoms with Gasteiger partial charge >= 0.3 is 5.97 Å². The van der Waals surface area contributed by atoms with Crippen molar-refractivity contribution in [1.82, 2.24) is 0 Å². The molecule has 1 rings (SSSR count).